The van der Waals surface area contributed by atoms with Gasteiger partial charge in [-0.2, -0.15) is 0 Å². The van der Waals surface area contributed by atoms with E-state index in [1.807, 2.05) is 12.1 Å². The number of hydrogen-bond acceptors (Lipinski definition) is 3. The summed E-state index contributed by atoms with van der Waals surface area (Å²) in [5, 5.41) is 11.1. The van der Waals surface area contributed by atoms with Crippen LogP contribution in [0.1, 0.15) is 6.92 Å². The highest BCUT2D eigenvalue weighted by molar-refractivity contribution is 8.29. The number of anilines is 1. The van der Waals surface area contributed by atoms with Crippen LogP contribution in [0.4, 0.5) is 5.69 Å². The van der Waals surface area contributed by atoms with Crippen LogP contribution in [0.25, 0.3) is 0 Å². The molecule has 1 unspecified atom stereocenters. The van der Waals surface area contributed by atoms with E-state index in [1.54, 1.807) is 0 Å². The number of carbonyl (C=O) groups is 1. The van der Waals surface area contributed by atoms with Gasteiger partial charge in [0.05, 0.1) is 5.88 Å². The first-order valence-corrected chi connectivity index (χ1v) is 6.94. The maximum absolute atomic E-state index is 9.60. The number of fused-ring (bicyclic) bond motifs is 1. The molecule has 5 heteroatoms. The van der Waals surface area contributed by atoms with E-state index in [9.17, 15) is 4.79 Å². The first-order valence-electron chi connectivity index (χ1n) is 4.62. The molecule has 1 heterocycles. The zero-order valence-electron chi connectivity index (χ0n) is 8.90. The lowest BCUT2D eigenvalue weighted by Crippen LogP contribution is -1.93. The summed E-state index contributed by atoms with van der Waals surface area (Å²) in [5.41, 5.74) is 1.40. The third kappa shape index (κ3) is 3.43. The number of para-hydroxylation sites is 1. The molecule has 0 aliphatic carbocycles. The van der Waals surface area contributed by atoms with Crippen molar-refractivity contribution in [3.8, 4) is 0 Å². The number of carboxylic acids is 1. The highest BCUT2D eigenvalue weighted by atomic mass is 32.8. The molecule has 0 saturated heterocycles. The van der Waals surface area contributed by atoms with Gasteiger partial charge in [0.15, 0.2) is 0 Å². The number of hydrogen-bond donors (Lipinski definition) is 2. The average Bonchev–Trinajstić information content (AvgIpc) is 2.62. The summed E-state index contributed by atoms with van der Waals surface area (Å²) in [6.07, 6.45) is 0. The summed E-state index contributed by atoms with van der Waals surface area (Å²) in [6.45, 7) is 4.60. The predicted octanol–water partition coefficient (Wildman–Crippen LogP) is 2.16. The molecule has 1 aliphatic heterocycles. The summed E-state index contributed by atoms with van der Waals surface area (Å²) in [4.78, 5) is 10.9. The van der Waals surface area contributed by atoms with Gasteiger partial charge in [-0.25, -0.2) is 4.79 Å². The topological polar surface area (TPSA) is 49.3 Å². The SMILES string of the molecule is C=C(C)C(=O)O.S=S1CNc2ccccc21. The van der Waals surface area contributed by atoms with Crippen LogP contribution in [0.15, 0.2) is 41.3 Å². The van der Waals surface area contributed by atoms with Gasteiger partial charge in [-0.05, 0) is 30.2 Å². The molecule has 86 valence electrons. The van der Waals surface area contributed by atoms with Crippen molar-refractivity contribution in [2.45, 2.75) is 11.8 Å². The molecule has 2 rings (SSSR count). The highest BCUT2D eigenvalue weighted by Crippen LogP contribution is 2.24. The standard InChI is InChI=1S/C7H7NS2.C4H6O2/c9-10-5-8-6-3-1-2-4-7(6)10;1-3(2)4(5)6/h1-4,8H,5H2;1H2,2H3,(H,5,6). The molecule has 2 N–H and O–H groups in total. The van der Waals surface area contributed by atoms with Crippen molar-refractivity contribution >= 4 is 32.3 Å². The number of aliphatic carboxylic acids is 1. The highest BCUT2D eigenvalue weighted by Gasteiger charge is 2.11. The maximum Gasteiger partial charge on any atom is 0.330 e. The van der Waals surface area contributed by atoms with Crippen molar-refractivity contribution in [3.05, 3.63) is 36.4 Å². The molecule has 0 bridgehead atoms. The fourth-order valence-electron chi connectivity index (χ4n) is 1.03. The van der Waals surface area contributed by atoms with Crippen LogP contribution in [0.3, 0.4) is 0 Å². The van der Waals surface area contributed by atoms with Crippen LogP contribution >= 0.6 is 0 Å². The number of benzene rings is 1. The van der Waals surface area contributed by atoms with E-state index >= 15 is 0 Å². The molecule has 1 aromatic rings. The zero-order chi connectivity index (χ0) is 12.1. The van der Waals surface area contributed by atoms with Gasteiger partial charge in [-0.3, -0.25) is 0 Å². The van der Waals surface area contributed by atoms with Crippen molar-refractivity contribution in [1.82, 2.24) is 0 Å². The minimum atomic E-state index is -0.935. The van der Waals surface area contributed by atoms with Crippen LogP contribution in [0, 0.1) is 0 Å². The lowest BCUT2D eigenvalue weighted by molar-refractivity contribution is -0.132. The molecule has 0 saturated carbocycles. The third-order valence-electron chi connectivity index (χ3n) is 1.89. The van der Waals surface area contributed by atoms with Gasteiger partial charge >= 0.3 is 5.97 Å². The summed E-state index contributed by atoms with van der Waals surface area (Å²) in [5.74, 6) is 0.00398. The Hall–Kier alpha value is -1.20. The molecule has 0 aromatic heterocycles. The monoisotopic (exact) mass is 255 g/mol. The van der Waals surface area contributed by atoms with Crippen LogP contribution in [-0.2, 0) is 25.4 Å². The van der Waals surface area contributed by atoms with Gasteiger partial charge in [0.1, 0.15) is 0 Å². The van der Waals surface area contributed by atoms with Gasteiger partial charge in [-0.1, -0.05) is 28.2 Å². The van der Waals surface area contributed by atoms with E-state index in [0.29, 0.717) is 0 Å². The zero-order valence-corrected chi connectivity index (χ0v) is 10.5. The third-order valence-corrected chi connectivity index (χ3v) is 4.04. The minimum absolute atomic E-state index is 0.0244. The Morgan fingerprint density at radius 2 is 2.12 bits per heavy atom. The molecule has 0 amide bonds. The first-order chi connectivity index (χ1) is 7.52. The van der Waals surface area contributed by atoms with Crippen molar-refractivity contribution in [2.75, 3.05) is 11.2 Å². The Kier molecular flexibility index (Phi) is 4.64. The summed E-state index contributed by atoms with van der Waals surface area (Å²) >= 11 is 5.22. The Bertz CT molecular complexity index is 431. The quantitative estimate of drug-likeness (QED) is 0.755. The Morgan fingerprint density at radius 1 is 1.56 bits per heavy atom. The normalized spacial score (nSPS) is 16.4. The van der Waals surface area contributed by atoms with Crippen LogP contribution < -0.4 is 5.32 Å². The average molecular weight is 255 g/mol. The summed E-state index contributed by atoms with van der Waals surface area (Å²) in [6, 6.07) is 8.25. The van der Waals surface area contributed by atoms with Gasteiger partial charge in [-0.15, -0.1) is 0 Å². The molecule has 1 atom stereocenters. The van der Waals surface area contributed by atoms with Gasteiger partial charge in [0, 0.05) is 16.2 Å². The van der Waals surface area contributed by atoms with Crippen molar-refractivity contribution in [3.63, 3.8) is 0 Å². The minimum Gasteiger partial charge on any atom is -0.478 e. The lowest BCUT2D eigenvalue weighted by Gasteiger charge is -1.93. The molecule has 0 spiro atoms. The van der Waals surface area contributed by atoms with E-state index < -0.39 is 5.97 Å². The van der Waals surface area contributed by atoms with E-state index in [0.717, 1.165) is 5.88 Å². The van der Waals surface area contributed by atoms with Crippen LogP contribution in [0.5, 0.6) is 0 Å². The molecular formula is C11H13NO2S2. The molecule has 1 aliphatic rings. The number of nitrogens with one attached hydrogen (secondary N) is 1. The molecule has 16 heavy (non-hydrogen) atoms. The largest absolute Gasteiger partial charge is 0.478 e. The fourth-order valence-corrected chi connectivity index (χ4v) is 2.70. The smallest absolute Gasteiger partial charge is 0.330 e. The van der Waals surface area contributed by atoms with Gasteiger partial charge in [0.2, 0.25) is 0 Å². The summed E-state index contributed by atoms with van der Waals surface area (Å²) in [7, 11) is 0.0244. The van der Waals surface area contributed by atoms with Crippen LogP contribution in [-0.4, -0.2) is 17.0 Å². The van der Waals surface area contributed by atoms with Gasteiger partial charge in [0.25, 0.3) is 0 Å². The Morgan fingerprint density at radius 3 is 2.62 bits per heavy atom. The van der Waals surface area contributed by atoms with E-state index in [1.165, 1.54) is 17.5 Å². The molecule has 3 nitrogen and oxygen atoms in total. The Labute approximate surface area is 102 Å². The maximum atomic E-state index is 9.60. The van der Waals surface area contributed by atoms with E-state index in [4.69, 9.17) is 16.3 Å². The second-order valence-electron chi connectivity index (χ2n) is 3.25. The lowest BCUT2D eigenvalue weighted by atomic mass is 10.3. The fraction of sp³-hybridized carbons (Fsp3) is 0.182. The van der Waals surface area contributed by atoms with Crippen molar-refractivity contribution in [1.29, 1.82) is 0 Å². The van der Waals surface area contributed by atoms with Crippen LogP contribution in [0.2, 0.25) is 0 Å². The second-order valence-corrected chi connectivity index (χ2v) is 5.87. The predicted molar refractivity (Wildman–Crippen MR) is 70.4 cm³/mol. The van der Waals surface area contributed by atoms with Crippen molar-refractivity contribution < 1.29 is 9.90 Å². The number of rotatable bonds is 1. The van der Waals surface area contributed by atoms with E-state index in [2.05, 4.69) is 24.0 Å². The second kappa shape index (κ2) is 5.77. The number of carboxylic acid groups (broad SMARTS) is 1. The molecular weight excluding hydrogens is 242 g/mol. The molecule has 0 radical (unpaired) electrons. The summed E-state index contributed by atoms with van der Waals surface area (Å²) < 4.78 is 0. The van der Waals surface area contributed by atoms with Crippen molar-refractivity contribution in [2.24, 2.45) is 0 Å². The first kappa shape index (κ1) is 12.9. The van der Waals surface area contributed by atoms with Gasteiger partial charge < -0.3 is 10.4 Å². The molecule has 0 fully saturated rings. The molecule has 1 aromatic carbocycles. The Balaban J connectivity index is 0.000000187. The van der Waals surface area contributed by atoms with E-state index in [-0.39, 0.29) is 15.0 Å².